The molecule has 0 fully saturated rings. The molecule has 0 bridgehead atoms. The second-order valence-electron chi connectivity index (χ2n) is 7.52. The Morgan fingerprint density at radius 2 is 1.03 bits per heavy atom. The Labute approximate surface area is 175 Å². The second-order valence-corrected chi connectivity index (χ2v) is 7.52. The molecule has 0 N–H and O–H groups in total. The SMILES string of the molecule is CCCCOc1cccc2cc3cccc(OCCCC)c3c(OCCCC)c12. The monoisotopic (exact) mass is 394 g/mol. The molecule has 0 atom stereocenters. The van der Waals surface area contributed by atoms with Gasteiger partial charge in [0.25, 0.3) is 0 Å². The van der Waals surface area contributed by atoms with Gasteiger partial charge in [-0.15, -0.1) is 0 Å². The van der Waals surface area contributed by atoms with Crippen LogP contribution in [-0.4, -0.2) is 19.8 Å². The van der Waals surface area contributed by atoms with Crippen LogP contribution < -0.4 is 14.2 Å². The molecular weight excluding hydrogens is 360 g/mol. The quantitative estimate of drug-likeness (QED) is 0.235. The van der Waals surface area contributed by atoms with E-state index in [1.54, 1.807) is 0 Å². The predicted octanol–water partition coefficient (Wildman–Crippen LogP) is 7.53. The average Bonchev–Trinajstić information content (AvgIpc) is 2.74. The highest BCUT2D eigenvalue weighted by Gasteiger charge is 2.17. The third kappa shape index (κ3) is 5.14. The Hall–Kier alpha value is -2.42. The van der Waals surface area contributed by atoms with Crippen LogP contribution in [0.4, 0.5) is 0 Å². The molecule has 3 rings (SSSR count). The van der Waals surface area contributed by atoms with Crippen molar-refractivity contribution in [2.24, 2.45) is 0 Å². The molecule has 3 nitrogen and oxygen atoms in total. The van der Waals surface area contributed by atoms with Gasteiger partial charge in [0.1, 0.15) is 17.2 Å². The summed E-state index contributed by atoms with van der Waals surface area (Å²) in [6.07, 6.45) is 6.44. The summed E-state index contributed by atoms with van der Waals surface area (Å²) in [7, 11) is 0. The third-order valence-corrected chi connectivity index (χ3v) is 5.14. The van der Waals surface area contributed by atoms with Crippen molar-refractivity contribution in [1.29, 1.82) is 0 Å². The van der Waals surface area contributed by atoms with E-state index in [2.05, 4.69) is 63.2 Å². The number of hydrogen-bond donors (Lipinski definition) is 0. The maximum atomic E-state index is 6.41. The van der Waals surface area contributed by atoms with E-state index in [0.717, 1.165) is 90.5 Å². The summed E-state index contributed by atoms with van der Waals surface area (Å²) in [4.78, 5) is 0. The first-order valence-corrected chi connectivity index (χ1v) is 11.2. The Bertz CT molecular complexity index is 849. The van der Waals surface area contributed by atoms with Crippen LogP contribution in [0.1, 0.15) is 59.3 Å². The molecule has 0 aliphatic carbocycles. The van der Waals surface area contributed by atoms with Gasteiger partial charge in [-0.1, -0.05) is 64.3 Å². The van der Waals surface area contributed by atoms with Gasteiger partial charge in [0.05, 0.1) is 30.6 Å². The van der Waals surface area contributed by atoms with Crippen molar-refractivity contribution in [3.63, 3.8) is 0 Å². The first-order chi connectivity index (χ1) is 14.3. The highest BCUT2D eigenvalue weighted by molar-refractivity contribution is 6.10. The second kappa shape index (κ2) is 10.9. The van der Waals surface area contributed by atoms with Gasteiger partial charge in [-0.3, -0.25) is 0 Å². The molecule has 3 aromatic rings. The van der Waals surface area contributed by atoms with E-state index in [0.29, 0.717) is 6.61 Å². The standard InChI is InChI=1S/C26H34O3/c1-4-7-16-27-22-14-10-12-20-19-21-13-11-15-23(28-17-8-5-2)25(21)26(24(20)22)29-18-9-6-3/h10-15,19H,4-9,16-18H2,1-3H3. The fourth-order valence-corrected chi connectivity index (χ4v) is 3.47. The smallest absolute Gasteiger partial charge is 0.142 e. The maximum absolute atomic E-state index is 6.41. The van der Waals surface area contributed by atoms with Crippen molar-refractivity contribution < 1.29 is 14.2 Å². The minimum Gasteiger partial charge on any atom is -0.493 e. The number of ether oxygens (including phenoxy) is 3. The zero-order chi connectivity index (χ0) is 20.5. The van der Waals surface area contributed by atoms with Crippen LogP contribution in [-0.2, 0) is 0 Å². The molecular formula is C26H34O3. The van der Waals surface area contributed by atoms with Gasteiger partial charge < -0.3 is 14.2 Å². The van der Waals surface area contributed by atoms with E-state index in [1.165, 1.54) is 0 Å². The van der Waals surface area contributed by atoms with Crippen molar-refractivity contribution in [3.05, 3.63) is 42.5 Å². The Morgan fingerprint density at radius 3 is 1.48 bits per heavy atom. The molecule has 0 unspecified atom stereocenters. The molecule has 0 spiro atoms. The van der Waals surface area contributed by atoms with E-state index in [4.69, 9.17) is 14.2 Å². The lowest BCUT2D eigenvalue weighted by molar-refractivity contribution is 0.299. The largest absolute Gasteiger partial charge is 0.493 e. The van der Waals surface area contributed by atoms with Crippen LogP contribution in [0.2, 0.25) is 0 Å². The van der Waals surface area contributed by atoms with Crippen molar-refractivity contribution in [1.82, 2.24) is 0 Å². The summed E-state index contributed by atoms with van der Waals surface area (Å²) in [5, 5.41) is 4.39. The summed E-state index contributed by atoms with van der Waals surface area (Å²) >= 11 is 0. The number of hydrogen-bond acceptors (Lipinski definition) is 3. The third-order valence-electron chi connectivity index (χ3n) is 5.14. The molecule has 0 heterocycles. The van der Waals surface area contributed by atoms with Crippen molar-refractivity contribution in [2.45, 2.75) is 59.3 Å². The number of rotatable bonds is 12. The van der Waals surface area contributed by atoms with E-state index < -0.39 is 0 Å². The summed E-state index contributed by atoms with van der Waals surface area (Å²) in [6, 6.07) is 14.7. The van der Waals surface area contributed by atoms with Crippen molar-refractivity contribution >= 4 is 21.5 Å². The summed E-state index contributed by atoms with van der Waals surface area (Å²) in [5.41, 5.74) is 0. The minimum absolute atomic E-state index is 0.692. The van der Waals surface area contributed by atoms with E-state index in [-0.39, 0.29) is 0 Å². The van der Waals surface area contributed by atoms with Gasteiger partial charge in [-0.05, 0) is 48.2 Å². The van der Waals surface area contributed by atoms with Gasteiger partial charge in [-0.2, -0.15) is 0 Å². The van der Waals surface area contributed by atoms with Crippen LogP contribution >= 0.6 is 0 Å². The zero-order valence-electron chi connectivity index (χ0n) is 18.1. The highest BCUT2D eigenvalue weighted by Crippen LogP contribution is 2.44. The number of unbranched alkanes of at least 4 members (excludes halogenated alkanes) is 3. The first kappa shape index (κ1) is 21.3. The van der Waals surface area contributed by atoms with Gasteiger partial charge in [0.2, 0.25) is 0 Å². The van der Waals surface area contributed by atoms with Gasteiger partial charge in [-0.25, -0.2) is 0 Å². The molecule has 29 heavy (non-hydrogen) atoms. The first-order valence-electron chi connectivity index (χ1n) is 11.2. The molecule has 0 aliphatic heterocycles. The van der Waals surface area contributed by atoms with Gasteiger partial charge >= 0.3 is 0 Å². The lowest BCUT2D eigenvalue weighted by atomic mass is 10.0. The molecule has 3 aromatic carbocycles. The topological polar surface area (TPSA) is 27.7 Å². The molecule has 0 amide bonds. The fourth-order valence-electron chi connectivity index (χ4n) is 3.47. The molecule has 0 saturated carbocycles. The van der Waals surface area contributed by atoms with Crippen molar-refractivity contribution in [2.75, 3.05) is 19.8 Å². The minimum atomic E-state index is 0.692. The van der Waals surface area contributed by atoms with E-state index in [1.807, 2.05) is 0 Å². The summed E-state index contributed by atoms with van der Waals surface area (Å²) in [6.45, 7) is 8.67. The van der Waals surface area contributed by atoms with E-state index in [9.17, 15) is 0 Å². The number of fused-ring (bicyclic) bond motifs is 2. The van der Waals surface area contributed by atoms with Gasteiger partial charge in [0.15, 0.2) is 0 Å². The lowest BCUT2D eigenvalue weighted by Gasteiger charge is -2.18. The average molecular weight is 395 g/mol. The number of benzene rings is 3. The summed E-state index contributed by atoms with van der Waals surface area (Å²) in [5.74, 6) is 2.69. The Kier molecular flexibility index (Phi) is 8.03. The maximum Gasteiger partial charge on any atom is 0.142 e. The van der Waals surface area contributed by atoms with Crippen LogP contribution in [0.25, 0.3) is 21.5 Å². The molecule has 0 radical (unpaired) electrons. The van der Waals surface area contributed by atoms with Crippen molar-refractivity contribution in [3.8, 4) is 17.2 Å². The van der Waals surface area contributed by atoms with Crippen LogP contribution in [0.3, 0.4) is 0 Å². The highest BCUT2D eigenvalue weighted by atomic mass is 16.5. The molecule has 0 aromatic heterocycles. The molecule has 156 valence electrons. The summed E-state index contributed by atoms with van der Waals surface area (Å²) < 4.78 is 18.8. The van der Waals surface area contributed by atoms with Gasteiger partial charge in [0, 0.05) is 0 Å². The normalized spacial score (nSPS) is 11.1. The molecule has 3 heteroatoms. The van der Waals surface area contributed by atoms with Crippen LogP contribution in [0.5, 0.6) is 17.2 Å². The Balaban J connectivity index is 2.16. The van der Waals surface area contributed by atoms with E-state index >= 15 is 0 Å². The molecule has 0 aliphatic rings. The molecule has 0 saturated heterocycles. The Morgan fingerprint density at radius 1 is 0.586 bits per heavy atom. The predicted molar refractivity (Wildman–Crippen MR) is 123 cm³/mol. The zero-order valence-corrected chi connectivity index (χ0v) is 18.1. The lowest BCUT2D eigenvalue weighted by Crippen LogP contribution is -2.03. The van der Waals surface area contributed by atoms with Crippen LogP contribution in [0, 0.1) is 0 Å². The fraction of sp³-hybridized carbons (Fsp3) is 0.462. The van der Waals surface area contributed by atoms with Crippen LogP contribution in [0.15, 0.2) is 42.5 Å².